The van der Waals surface area contributed by atoms with E-state index in [2.05, 4.69) is 9.97 Å². The van der Waals surface area contributed by atoms with E-state index in [1.807, 2.05) is 0 Å². The number of nitrogen functional groups attached to an aromatic ring is 1. The number of aromatic nitrogens is 2. The van der Waals surface area contributed by atoms with E-state index in [9.17, 15) is 4.79 Å². The Morgan fingerprint density at radius 3 is 2.78 bits per heavy atom. The molecule has 0 saturated heterocycles. The average Bonchev–Trinajstić information content (AvgIpc) is 2.38. The van der Waals surface area contributed by atoms with E-state index in [-0.39, 0.29) is 5.56 Å². The summed E-state index contributed by atoms with van der Waals surface area (Å²) in [4.78, 5) is 19.2. The molecule has 3 rings (SSSR count). The number of carboxylic acid groups (broad SMARTS) is 1. The van der Waals surface area contributed by atoms with Crippen LogP contribution in [0.3, 0.4) is 0 Å². The maximum atomic E-state index is 10.9. The molecule has 2 heterocycles. The van der Waals surface area contributed by atoms with Gasteiger partial charge in [0.15, 0.2) is 0 Å². The Morgan fingerprint density at radius 2 is 2.00 bits per heavy atom. The number of anilines is 1. The highest BCUT2D eigenvalue weighted by Gasteiger charge is 2.09. The fourth-order valence-electron chi connectivity index (χ4n) is 2.01. The molecule has 3 aromatic rings. The van der Waals surface area contributed by atoms with Gasteiger partial charge in [0.2, 0.25) is 0 Å². The minimum absolute atomic E-state index is 0.192. The van der Waals surface area contributed by atoms with Crippen molar-refractivity contribution in [3.63, 3.8) is 0 Å². The van der Waals surface area contributed by atoms with Crippen molar-refractivity contribution in [2.75, 3.05) is 5.73 Å². The van der Waals surface area contributed by atoms with Gasteiger partial charge in [-0.05, 0) is 18.2 Å². The monoisotopic (exact) mass is 239 g/mol. The van der Waals surface area contributed by atoms with Crippen LogP contribution >= 0.6 is 0 Å². The lowest BCUT2D eigenvalue weighted by Crippen LogP contribution is -1.98. The number of fused-ring (bicyclic) bond motifs is 3. The normalized spacial score (nSPS) is 10.9. The smallest absolute Gasteiger partial charge is 0.335 e. The van der Waals surface area contributed by atoms with Crippen molar-refractivity contribution < 1.29 is 9.90 Å². The van der Waals surface area contributed by atoms with Crippen LogP contribution in [0.2, 0.25) is 0 Å². The average molecular weight is 239 g/mol. The Hall–Kier alpha value is -2.69. The molecule has 0 aliphatic heterocycles. The first kappa shape index (κ1) is 10.5. The summed E-state index contributed by atoms with van der Waals surface area (Å²) in [6, 6.07) is 6.59. The van der Waals surface area contributed by atoms with Crippen molar-refractivity contribution >= 4 is 33.5 Å². The van der Waals surface area contributed by atoms with Crippen molar-refractivity contribution in [2.45, 2.75) is 0 Å². The Balaban J connectivity index is 2.46. The molecule has 0 saturated carbocycles. The largest absolute Gasteiger partial charge is 0.478 e. The molecule has 0 bridgehead atoms. The summed E-state index contributed by atoms with van der Waals surface area (Å²) in [6.45, 7) is 0. The topological polar surface area (TPSA) is 89.1 Å². The van der Waals surface area contributed by atoms with Crippen molar-refractivity contribution in [1.82, 2.24) is 9.97 Å². The minimum atomic E-state index is -0.983. The Labute approximate surface area is 102 Å². The van der Waals surface area contributed by atoms with E-state index in [1.165, 1.54) is 6.07 Å². The summed E-state index contributed by atoms with van der Waals surface area (Å²) in [7, 11) is 0. The number of hydrogen-bond acceptors (Lipinski definition) is 4. The van der Waals surface area contributed by atoms with Crippen LogP contribution in [0.15, 0.2) is 36.7 Å². The van der Waals surface area contributed by atoms with Gasteiger partial charge in [-0.15, -0.1) is 0 Å². The summed E-state index contributed by atoms with van der Waals surface area (Å²) in [5.74, 6) is -0.606. The predicted octanol–water partition coefficient (Wildman–Crippen LogP) is 2.06. The molecule has 5 nitrogen and oxygen atoms in total. The van der Waals surface area contributed by atoms with Gasteiger partial charge in [0.05, 0.1) is 11.1 Å². The molecule has 0 spiro atoms. The van der Waals surface area contributed by atoms with Gasteiger partial charge in [-0.2, -0.15) is 0 Å². The minimum Gasteiger partial charge on any atom is -0.478 e. The molecule has 1 aromatic carbocycles. The van der Waals surface area contributed by atoms with Crippen molar-refractivity contribution in [3.8, 4) is 0 Å². The zero-order chi connectivity index (χ0) is 12.7. The molecular formula is C13H9N3O2. The SMILES string of the molecule is Nc1nc2cc(C(=O)O)ccc2c2cnccc12. The van der Waals surface area contributed by atoms with Gasteiger partial charge < -0.3 is 10.8 Å². The molecule has 0 aliphatic rings. The zero-order valence-electron chi connectivity index (χ0n) is 9.29. The quantitative estimate of drug-likeness (QED) is 0.634. The second-order valence-electron chi connectivity index (χ2n) is 3.96. The highest BCUT2D eigenvalue weighted by atomic mass is 16.4. The molecule has 0 atom stereocenters. The molecule has 0 aliphatic carbocycles. The maximum Gasteiger partial charge on any atom is 0.335 e. The van der Waals surface area contributed by atoms with E-state index >= 15 is 0 Å². The molecule has 0 amide bonds. The number of carbonyl (C=O) groups is 1. The van der Waals surface area contributed by atoms with Crippen LogP contribution in [0.25, 0.3) is 21.7 Å². The molecule has 0 radical (unpaired) electrons. The first-order valence-corrected chi connectivity index (χ1v) is 5.33. The zero-order valence-corrected chi connectivity index (χ0v) is 9.29. The molecule has 0 unspecified atom stereocenters. The number of aromatic carboxylic acids is 1. The summed E-state index contributed by atoms with van der Waals surface area (Å²) in [5.41, 5.74) is 6.62. The number of benzene rings is 1. The third kappa shape index (κ3) is 1.45. The number of nitrogens with zero attached hydrogens (tertiary/aromatic N) is 2. The Bertz CT molecular complexity index is 784. The van der Waals surface area contributed by atoms with Crippen LogP contribution in [0.4, 0.5) is 5.82 Å². The van der Waals surface area contributed by atoms with Gasteiger partial charge in [-0.1, -0.05) is 6.07 Å². The Kier molecular flexibility index (Phi) is 2.13. The Morgan fingerprint density at radius 1 is 1.17 bits per heavy atom. The van der Waals surface area contributed by atoms with Crippen LogP contribution in [0.1, 0.15) is 10.4 Å². The van der Waals surface area contributed by atoms with Gasteiger partial charge in [-0.3, -0.25) is 4.98 Å². The van der Waals surface area contributed by atoms with Gasteiger partial charge >= 0.3 is 5.97 Å². The fraction of sp³-hybridized carbons (Fsp3) is 0. The van der Waals surface area contributed by atoms with E-state index in [0.717, 1.165) is 16.2 Å². The van der Waals surface area contributed by atoms with Crippen molar-refractivity contribution in [1.29, 1.82) is 0 Å². The highest BCUT2D eigenvalue weighted by Crippen LogP contribution is 2.27. The number of rotatable bonds is 1. The lowest BCUT2D eigenvalue weighted by molar-refractivity contribution is 0.0697. The van der Waals surface area contributed by atoms with Gasteiger partial charge in [0.1, 0.15) is 5.82 Å². The van der Waals surface area contributed by atoms with Gasteiger partial charge in [0.25, 0.3) is 0 Å². The van der Waals surface area contributed by atoms with Crippen LogP contribution in [0.5, 0.6) is 0 Å². The lowest BCUT2D eigenvalue weighted by atomic mass is 10.1. The summed E-state index contributed by atoms with van der Waals surface area (Å²) >= 11 is 0. The van der Waals surface area contributed by atoms with Crippen LogP contribution in [0, 0.1) is 0 Å². The molecule has 5 heteroatoms. The van der Waals surface area contributed by atoms with E-state index in [4.69, 9.17) is 10.8 Å². The van der Waals surface area contributed by atoms with Crippen LogP contribution in [-0.4, -0.2) is 21.0 Å². The molecule has 3 N–H and O–H groups in total. The van der Waals surface area contributed by atoms with Gasteiger partial charge in [0, 0.05) is 28.6 Å². The van der Waals surface area contributed by atoms with Gasteiger partial charge in [-0.25, -0.2) is 9.78 Å². The molecule has 2 aromatic heterocycles. The second-order valence-corrected chi connectivity index (χ2v) is 3.96. The number of hydrogen-bond donors (Lipinski definition) is 2. The summed E-state index contributed by atoms with van der Waals surface area (Å²) < 4.78 is 0. The second kappa shape index (κ2) is 3.66. The number of carboxylic acids is 1. The van der Waals surface area contributed by atoms with E-state index < -0.39 is 5.97 Å². The molecule has 0 fully saturated rings. The predicted molar refractivity (Wildman–Crippen MR) is 68.4 cm³/mol. The fourth-order valence-corrected chi connectivity index (χ4v) is 2.01. The number of nitrogens with two attached hydrogens (primary N) is 1. The van der Waals surface area contributed by atoms with Crippen LogP contribution < -0.4 is 5.73 Å². The maximum absolute atomic E-state index is 10.9. The molecule has 88 valence electrons. The third-order valence-corrected chi connectivity index (χ3v) is 2.87. The first-order valence-electron chi connectivity index (χ1n) is 5.33. The highest BCUT2D eigenvalue weighted by molar-refractivity contribution is 6.10. The first-order chi connectivity index (χ1) is 8.66. The standard InChI is InChI=1S/C13H9N3O2/c14-12-9-3-4-15-6-10(9)8-2-1-7(13(17)18)5-11(8)16-12/h1-6H,(H2,14,16)(H,17,18). The molecular weight excluding hydrogens is 230 g/mol. The van der Waals surface area contributed by atoms with Crippen molar-refractivity contribution in [3.05, 3.63) is 42.2 Å². The van der Waals surface area contributed by atoms with E-state index in [0.29, 0.717) is 11.3 Å². The van der Waals surface area contributed by atoms with Crippen molar-refractivity contribution in [2.24, 2.45) is 0 Å². The van der Waals surface area contributed by atoms with E-state index in [1.54, 1.807) is 30.6 Å². The number of pyridine rings is 2. The third-order valence-electron chi connectivity index (χ3n) is 2.87. The summed E-state index contributed by atoms with van der Waals surface area (Å²) in [6.07, 6.45) is 3.36. The summed E-state index contributed by atoms with van der Waals surface area (Å²) in [5, 5.41) is 11.5. The molecule has 18 heavy (non-hydrogen) atoms. The lowest BCUT2D eigenvalue weighted by Gasteiger charge is -2.06. The van der Waals surface area contributed by atoms with Crippen LogP contribution in [-0.2, 0) is 0 Å².